The molecule has 6 nitrogen and oxygen atoms in total. The monoisotopic (exact) mass is 449 g/mol. The molecule has 2 aliphatic rings. The molecule has 0 aliphatic carbocycles. The van der Waals surface area contributed by atoms with E-state index in [9.17, 15) is 13.2 Å². The zero-order chi connectivity index (χ0) is 22.3. The molecule has 1 amide bonds. The highest BCUT2D eigenvalue weighted by Crippen LogP contribution is 2.22. The summed E-state index contributed by atoms with van der Waals surface area (Å²) in [5.74, 6) is 0.0322. The van der Waals surface area contributed by atoms with E-state index >= 15 is 0 Å². The van der Waals surface area contributed by atoms with E-state index in [4.69, 9.17) is 0 Å². The molecule has 3 rings (SSSR count). The van der Waals surface area contributed by atoms with Gasteiger partial charge in [-0.25, -0.2) is 12.7 Å². The normalized spacial score (nSPS) is 21.8. The van der Waals surface area contributed by atoms with Gasteiger partial charge in [-0.05, 0) is 57.6 Å². The van der Waals surface area contributed by atoms with Gasteiger partial charge < -0.3 is 10.2 Å². The molecule has 1 aromatic carbocycles. The lowest BCUT2D eigenvalue weighted by atomic mass is 9.97. The van der Waals surface area contributed by atoms with Crippen molar-refractivity contribution in [1.29, 1.82) is 0 Å². The van der Waals surface area contributed by atoms with Crippen molar-refractivity contribution in [3.8, 4) is 0 Å². The van der Waals surface area contributed by atoms with Gasteiger partial charge in [-0.2, -0.15) is 0 Å². The minimum atomic E-state index is -3.34. The number of carbonyl (C=O) groups excluding carboxylic acids is 1. The molecule has 2 saturated heterocycles. The van der Waals surface area contributed by atoms with Crippen LogP contribution in [0.3, 0.4) is 0 Å². The second kappa shape index (κ2) is 11.4. The maximum absolute atomic E-state index is 12.7. The molecular formula is C24H39N3O3S. The molecule has 0 saturated carbocycles. The highest BCUT2D eigenvalue weighted by Gasteiger charge is 2.31. The van der Waals surface area contributed by atoms with Crippen LogP contribution in [0.25, 0.3) is 0 Å². The Kier molecular flexibility index (Phi) is 8.93. The van der Waals surface area contributed by atoms with E-state index in [2.05, 4.69) is 17.1 Å². The number of hydrogen-bond donors (Lipinski definition) is 1. The largest absolute Gasteiger partial charge is 0.356 e. The number of likely N-dealkylation sites (tertiary alicyclic amines) is 1. The molecule has 1 unspecified atom stereocenters. The molecule has 1 atom stereocenters. The first-order valence-corrected chi connectivity index (χ1v) is 13.5. The molecule has 2 aliphatic heterocycles. The fourth-order valence-corrected chi connectivity index (χ4v) is 6.40. The van der Waals surface area contributed by atoms with Gasteiger partial charge in [-0.15, -0.1) is 0 Å². The minimum Gasteiger partial charge on any atom is -0.356 e. The molecule has 31 heavy (non-hydrogen) atoms. The van der Waals surface area contributed by atoms with Crippen LogP contribution in [0.1, 0.15) is 63.0 Å². The number of carbonyl (C=O) groups is 1. The summed E-state index contributed by atoms with van der Waals surface area (Å²) in [6.07, 6.45) is 7.31. The Morgan fingerprint density at radius 1 is 1.06 bits per heavy atom. The van der Waals surface area contributed by atoms with Gasteiger partial charge in [0.15, 0.2) is 0 Å². The van der Waals surface area contributed by atoms with Gasteiger partial charge >= 0.3 is 0 Å². The molecule has 0 radical (unpaired) electrons. The summed E-state index contributed by atoms with van der Waals surface area (Å²) in [7, 11) is -3.34. The lowest BCUT2D eigenvalue weighted by molar-refractivity contribution is -0.126. The lowest BCUT2D eigenvalue weighted by Crippen LogP contribution is -2.44. The number of amides is 1. The maximum atomic E-state index is 12.7. The van der Waals surface area contributed by atoms with Gasteiger partial charge in [0.1, 0.15) is 0 Å². The van der Waals surface area contributed by atoms with Crippen molar-refractivity contribution >= 4 is 15.9 Å². The van der Waals surface area contributed by atoms with Gasteiger partial charge in [-0.3, -0.25) is 4.79 Å². The molecule has 0 bridgehead atoms. The predicted molar refractivity (Wildman–Crippen MR) is 125 cm³/mol. The Morgan fingerprint density at radius 3 is 2.45 bits per heavy atom. The zero-order valence-electron chi connectivity index (χ0n) is 19.2. The Morgan fingerprint density at radius 2 is 1.77 bits per heavy atom. The van der Waals surface area contributed by atoms with E-state index in [0.717, 1.165) is 24.1 Å². The smallest absolute Gasteiger partial charge is 0.223 e. The maximum Gasteiger partial charge on any atom is 0.223 e. The van der Waals surface area contributed by atoms with Crippen LogP contribution in [-0.4, -0.2) is 62.3 Å². The molecule has 7 heteroatoms. The van der Waals surface area contributed by atoms with Crippen LogP contribution < -0.4 is 5.32 Å². The van der Waals surface area contributed by atoms with Crippen molar-refractivity contribution in [3.63, 3.8) is 0 Å². The van der Waals surface area contributed by atoms with E-state index < -0.39 is 10.0 Å². The van der Waals surface area contributed by atoms with Crippen LogP contribution in [0.2, 0.25) is 0 Å². The van der Waals surface area contributed by atoms with Crippen molar-refractivity contribution in [3.05, 3.63) is 35.4 Å². The van der Waals surface area contributed by atoms with E-state index in [0.29, 0.717) is 38.5 Å². The zero-order valence-corrected chi connectivity index (χ0v) is 20.0. The fraction of sp³-hybridized carbons (Fsp3) is 0.708. The summed E-state index contributed by atoms with van der Waals surface area (Å²) < 4.78 is 27.1. The summed E-state index contributed by atoms with van der Waals surface area (Å²) in [4.78, 5) is 15.1. The van der Waals surface area contributed by atoms with Crippen LogP contribution in [0.4, 0.5) is 0 Å². The standard InChI is InChI=1S/C24H39N3O3S/c1-3-23-7-4-5-15-26(23)16-6-14-25-24(28)22-12-17-27(18-13-22)31(29,30)19-21-10-8-20(2)9-11-21/h8-11,22-23H,3-7,12-19H2,1-2H3,(H,25,28). The molecule has 1 N–H and O–H groups in total. The quantitative estimate of drug-likeness (QED) is 0.587. The SMILES string of the molecule is CCC1CCCCN1CCCNC(=O)C1CCN(S(=O)(=O)Cc2ccc(C)cc2)CC1. The average molecular weight is 450 g/mol. The van der Waals surface area contributed by atoms with Crippen LogP contribution in [0.5, 0.6) is 0 Å². The number of aryl methyl sites for hydroxylation is 1. The van der Waals surface area contributed by atoms with Crippen molar-refractivity contribution in [2.45, 2.75) is 70.6 Å². The van der Waals surface area contributed by atoms with Crippen LogP contribution in [0.15, 0.2) is 24.3 Å². The Bertz CT molecular complexity index is 802. The molecule has 2 heterocycles. The Hall–Kier alpha value is -1.44. The number of benzene rings is 1. The van der Waals surface area contributed by atoms with Crippen molar-refractivity contribution in [2.24, 2.45) is 5.92 Å². The first-order chi connectivity index (χ1) is 14.9. The number of rotatable bonds is 9. The van der Waals surface area contributed by atoms with Crippen molar-refractivity contribution < 1.29 is 13.2 Å². The van der Waals surface area contributed by atoms with E-state index in [1.54, 1.807) is 4.31 Å². The number of nitrogens with one attached hydrogen (secondary N) is 1. The minimum absolute atomic E-state index is 0.0272. The molecular weight excluding hydrogens is 410 g/mol. The van der Waals surface area contributed by atoms with Gasteiger partial charge in [-0.1, -0.05) is 43.2 Å². The third-order valence-corrected chi connectivity index (χ3v) is 8.68. The van der Waals surface area contributed by atoms with Gasteiger partial charge in [0.2, 0.25) is 15.9 Å². The van der Waals surface area contributed by atoms with E-state index in [1.165, 1.54) is 32.2 Å². The van der Waals surface area contributed by atoms with Gasteiger partial charge in [0.05, 0.1) is 5.75 Å². The first-order valence-electron chi connectivity index (χ1n) is 11.9. The van der Waals surface area contributed by atoms with E-state index in [-0.39, 0.29) is 17.6 Å². The molecule has 174 valence electrons. The summed E-state index contributed by atoms with van der Waals surface area (Å²) in [6.45, 7) is 8.05. The topological polar surface area (TPSA) is 69.7 Å². The third-order valence-electron chi connectivity index (χ3n) is 6.83. The second-order valence-corrected chi connectivity index (χ2v) is 11.1. The number of piperidine rings is 2. The predicted octanol–water partition coefficient (Wildman–Crippen LogP) is 3.31. The van der Waals surface area contributed by atoms with E-state index in [1.807, 2.05) is 31.2 Å². The highest BCUT2D eigenvalue weighted by molar-refractivity contribution is 7.88. The van der Waals surface area contributed by atoms with Crippen LogP contribution in [0, 0.1) is 12.8 Å². The van der Waals surface area contributed by atoms with Crippen LogP contribution >= 0.6 is 0 Å². The second-order valence-electron chi connectivity index (χ2n) is 9.15. The summed E-state index contributed by atoms with van der Waals surface area (Å²) in [6, 6.07) is 8.33. The number of nitrogens with zero attached hydrogens (tertiary/aromatic N) is 2. The fourth-order valence-electron chi connectivity index (χ4n) is 4.84. The first kappa shape index (κ1) is 24.2. The molecule has 0 aromatic heterocycles. The van der Waals surface area contributed by atoms with Crippen molar-refractivity contribution in [2.75, 3.05) is 32.7 Å². The van der Waals surface area contributed by atoms with Gasteiger partial charge in [0.25, 0.3) is 0 Å². The molecule has 0 spiro atoms. The number of hydrogen-bond acceptors (Lipinski definition) is 4. The average Bonchev–Trinajstić information content (AvgIpc) is 2.78. The third kappa shape index (κ3) is 7.02. The lowest BCUT2D eigenvalue weighted by Gasteiger charge is -2.35. The summed E-state index contributed by atoms with van der Waals surface area (Å²) >= 11 is 0. The summed E-state index contributed by atoms with van der Waals surface area (Å²) in [5.41, 5.74) is 1.93. The number of sulfonamides is 1. The van der Waals surface area contributed by atoms with Crippen molar-refractivity contribution in [1.82, 2.24) is 14.5 Å². The molecule has 1 aromatic rings. The Labute approximate surface area is 188 Å². The Balaban J connectivity index is 1.37. The molecule has 2 fully saturated rings. The van der Waals surface area contributed by atoms with Gasteiger partial charge in [0, 0.05) is 38.1 Å². The van der Waals surface area contributed by atoms with Crippen LogP contribution in [-0.2, 0) is 20.6 Å². The highest BCUT2D eigenvalue weighted by atomic mass is 32.2. The summed E-state index contributed by atoms with van der Waals surface area (Å²) in [5, 5.41) is 3.09.